The summed E-state index contributed by atoms with van der Waals surface area (Å²) in [4.78, 5) is 38.8. The fourth-order valence-corrected chi connectivity index (χ4v) is 3.37. The third-order valence-corrected chi connectivity index (χ3v) is 4.92. The lowest BCUT2D eigenvalue weighted by atomic mass is 9.92. The molecule has 1 fully saturated rings. The second-order valence-corrected chi connectivity index (χ2v) is 6.50. The van der Waals surface area contributed by atoms with Crippen LogP contribution in [-0.4, -0.2) is 39.1 Å². The molecule has 1 aliphatic rings. The number of fused-ring (bicyclic) bond motifs is 1. The minimum absolute atomic E-state index is 0.00864. The Labute approximate surface area is 145 Å². The van der Waals surface area contributed by atoms with Gasteiger partial charge in [-0.25, -0.2) is 4.68 Å². The number of carbonyl (C=O) groups excluding carboxylic acids is 2. The van der Waals surface area contributed by atoms with Crippen molar-refractivity contribution in [2.45, 2.75) is 39.3 Å². The first kappa shape index (κ1) is 17.1. The van der Waals surface area contributed by atoms with Crippen LogP contribution in [0.1, 0.15) is 37.2 Å². The van der Waals surface area contributed by atoms with Gasteiger partial charge in [0, 0.05) is 24.5 Å². The number of benzene rings is 1. The van der Waals surface area contributed by atoms with E-state index < -0.39 is 0 Å². The summed E-state index contributed by atoms with van der Waals surface area (Å²) in [6.45, 7) is 4.43. The fourth-order valence-electron chi connectivity index (χ4n) is 3.37. The van der Waals surface area contributed by atoms with E-state index >= 15 is 0 Å². The van der Waals surface area contributed by atoms with Gasteiger partial charge in [-0.15, -0.1) is 0 Å². The number of piperidine rings is 1. The van der Waals surface area contributed by atoms with Gasteiger partial charge in [0.2, 0.25) is 5.91 Å². The first-order valence-corrected chi connectivity index (χ1v) is 8.54. The van der Waals surface area contributed by atoms with E-state index in [0.29, 0.717) is 30.2 Å². The van der Waals surface area contributed by atoms with Crippen LogP contribution in [0.2, 0.25) is 0 Å². The van der Waals surface area contributed by atoms with Crippen LogP contribution in [0, 0.1) is 5.92 Å². The van der Waals surface area contributed by atoms with Crippen molar-refractivity contribution in [3.63, 3.8) is 0 Å². The van der Waals surface area contributed by atoms with Gasteiger partial charge in [0.05, 0.1) is 11.3 Å². The van der Waals surface area contributed by atoms with Crippen molar-refractivity contribution >= 4 is 22.6 Å². The second-order valence-electron chi connectivity index (χ2n) is 6.50. The Balaban J connectivity index is 2.09. The zero-order chi connectivity index (χ0) is 18.1. The maximum absolute atomic E-state index is 13.2. The number of hydrogen-bond acceptors (Lipinski definition) is 4. The molecule has 1 aromatic carbocycles. The van der Waals surface area contributed by atoms with E-state index in [4.69, 9.17) is 5.73 Å². The van der Waals surface area contributed by atoms with Crippen molar-refractivity contribution in [1.82, 2.24) is 14.7 Å². The Morgan fingerprint density at radius 1 is 1.24 bits per heavy atom. The highest BCUT2D eigenvalue weighted by Crippen LogP contribution is 2.25. The van der Waals surface area contributed by atoms with E-state index in [9.17, 15) is 14.4 Å². The number of nitrogens with zero attached hydrogens (tertiary/aromatic N) is 3. The molecule has 0 bridgehead atoms. The summed E-state index contributed by atoms with van der Waals surface area (Å²) in [6.07, 6.45) is 1.40. The van der Waals surface area contributed by atoms with E-state index in [2.05, 4.69) is 5.10 Å². The van der Waals surface area contributed by atoms with Gasteiger partial charge in [0.25, 0.3) is 11.5 Å². The van der Waals surface area contributed by atoms with E-state index in [-0.39, 0.29) is 41.6 Å². The first-order chi connectivity index (χ1) is 11.9. The van der Waals surface area contributed by atoms with Gasteiger partial charge in [-0.1, -0.05) is 18.2 Å². The van der Waals surface area contributed by atoms with Gasteiger partial charge in [-0.05, 0) is 32.8 Å². The molecule has 2 amide bonds. The van der Waals surface area contributed by atoms with Gasteiger partial charge in [-0.2, -0.15) is 5.10 Å². The van der Waals surface area contributed by atoms with Crippen LogP contribution in [0.4, 0.5) is 0 Å². The summed E-state index contributed by atoms with van der Waals surface area (Å²) in [7, 11) is 0. The van der Waals surface area contributed by atoms with Gasteiger partial charge in [-0.3, -0.25) is 14.4 Å². The average Bonchev–Trinajstić information content (AvgIpc) is 2.62. The Morgan fingerprint density at radius 3 is 2.56 bits per heavy atom. The number of amides is 2. The lowest BCUT2D eigenvalue weighted by molar-refractivity contribution is -0.123. The average molecular weight is 342 g/mol. The molecule has 0 radical (unpaired) electrons. The third kappa shape index (κ3) is 3.01. The topological polar surface area (TPSA) is 98.3 Å². The molecule has 1 saturated heterocycles. The highest BCUT2D eigenvalue weighted by atomic mass is 16.2. The van der Waals surface area contributed by atoms with E-state index in [1.54, 1.807) is 29.2 Å². The molecule has 2 atom stereocenters. The maximum Gasteiger partial charge on any atom is 0.275 e. The number of primary amides is 1. The summed E-state index contributed by atoms with van der Waals surface area (Å²) in [5.41, 5.74) is 5.46. The molecular formula is C18H22N4O3. The number of carbonyl (C=O) groups is 2. The van der Waals surface area contributed by atoms with Crippen molar-refractivity contribution in [3.05, 3.63) is 40.3 Å². The van der Waals surface area contributed by atoms with Crippen LogP contribution >= 0.6 is 0 Å². The van der Waals surface area contributed by atoms with E-state index in [0.717, 1.165) is 0 Å². The maximum atomic E-state index is 13.2. The molecule has 1 aliphatic heterocycles. The molecule has 25 heavy (non-hydrogen) atoms. The molecule has 132 valence electrons. The van der Waals surface area contributed by atoms with Crippen molar-refractivity contribution in [2.75, 3.05) is 6.54 Å². The molecule has 0 aliphatic carbocycles. The number of aromatic nitrogens is 2. The Morgan fingerprint density at radius 2 is 1.92 bits per heavy atom. The third-order valence-electron chi connectivity index (χ3n) is 4.92. The molecular weight excluding hydrogens is 320 g/mol. The van der Waals surface area contributed by atoms with Crippen LogP contribution in [0.5, 0.6) is 0 Å². The summed E-state index contributed by atoms with van der Waals surface area (Å²) < 4.78 is 1.30. The SMILES string of the molecule is CCn1nc(C(=O)N2CC(C(N)=O)CCC2C)c2ccccc2c1=O. The molecule has 3 rings (SSSR count). The van der Waals surface area contributed by atoms with Crippen molar-refractivity contribution in [2.24, 2.45) is 11.7 Å². The van der Waals surface area contributed by atoms with Crippen molar-refractivity contribution in [3.8, 4) is 0 Å². The standard InChI is InChI=1S/C18H22N4O3/c1-3-22-17(24)14-7-5-4-6-13(14)15(20-22)18(25)21-10-12(16(19)23)9-8-11(21)2/h4-7,11-12H,3,8-10H2,1-2H3,(H2,19,23). The normalized spacial score (nSPS) is 20.6. The fraction of sp³-hybridized carbons (Fsp3) is 0.444. The second kappa shape index (κ2) is 6.66. The van der Waals surface area contributed by atoms with Gasteiger partial charge < -0.3 is 10.6 Å². The quantitative estimate of drug-likeness (QED) is 0.904. The smallest absolute Gasteiger partial charge is 0.275 e. The van der Waals surface area contributed by atoms with Crippen molar-refractivity contribution in [1.29, 1.82) is 0 Å². The summed E-state index contributed by atoms with van der Waals surface area (Å²) in [5, 5.41) is 5.30. The number of nitrogens with two attached hydrogens (primary N) is 1. The molecule has 2 aromatic rings. The lowest BCUT2D eigenvalue weighted by Crippen LogP contribution is -2.49. The summed E-state index contributed by atoms with van der Waals surface area (Å²) in [6, 6.07) is 6.98. The molecule has 7 nitrogen and oxygen atoms in total. The first-order valence-electron chi connectivity index (χ1n) is 8.54. The van der Waals surface area contributed by atoms with Gasteiger partial charge in [0.1, 0.15) is 0 Å². The lowest BCUT2D eigenvalue weighted by Gasteiger charge is -2.36. The van der Waals surface area contributed by atoms with Crippen LogP contribution in [0.25, 0.3) is 10.8 Å². The minimum Gasteiger partial charge on any atom is -0.369 e. The molecule has 0 spiro atoms. The van der Waals surface area contributed by atoms with Crippen LogP contribution in [0.3, 0.4) is 0 Å². The Kier molecular flexibility index (Phi) is 4.57. The largest absolute Gasteiger partial charge is 0.369 e. The zero-order valence-electron chi connectivity index (χ0n) is 14.4. The molecule has 0 saturated carbocycles. The Hall–Kier alpha value is -2.70. The minimum atomic E-state index is -0.388. The number of aryl methyl sites for hydroxylation is 1. The summed E-state index contributed by atoms with van der Waals surface area (Å²) >= 11 is 0. The van der Waals surface area contributed by atoms with Crippen LogP contribution in [-0.2, 0) is 11.3 Å². The highest BCUT2D eigenvalue weighted by molar-refractivity contribution is 6.05. The summed E-state index contributed by atoms with van der Waals surface area (Å²) in [5.74, 6) is -0.999. The van der Waals surface area contributed by atoms with Crippen LogP contribution < -0.4 is 11.3 Å². The van der Waals surface area contributed by atoms with E-state index in [1.165, 1.54) is 4.68 Å². The number of hydrogen-bond donors (Lipinski definition) is 1. The zero-order valence-corrected chi connectivity index (χ0v) is 14.4. The number of likely N-dealkylation sites (tertiary alicyclic amines) is 1. The predicted octanol–water partition coefficient (Wildman–Crippen LogP) is 1.14. The molecule has 1 aromatic heterocycles. The molecule has 2 unspecified atom stereocenters. The highest BCUT2D eigenvalue weighted by Gasteiger charge is 2.33. The molecule has 7 heteroatoms. The van der Waals surface area contributed by atoms with Gasteiger partial charge >= 0.3 is 0 Å². The molecule has 2 heterocycles. The van der Waals surface area contributed by atoms with Crippen LogP contribution in [0.15, 0.2) is 29.1 Å². The predicted molar refractivity (Wildman–Crippen MR) is 94.1 cm³/mol. The molecule has 2 N–H and O–H groups in total. The van der Waals surface area contributed by atoms with E-state index in [1.807, 2.05) is 13.8 Å². The number of rotatable bonds is 3. The monoisotopic (exact) mass is 342 g/mol. The van der Waals surface area contributed by atoms with Crippen molar-refractivity contribution < 1.29 is 9.59 Å². The Bertz CT molecular complexity index is 890. The van der Waals surface area contributed by atoms with Gasteiger partial charge in [0.15, 0.2) is 5.69 Å².